The van der Waals surface area contributed by atoms with E-state index in [1.807, 2.05) is 26.0 Å². The van der Waals surface area contributed by atoms with E-state index in [1.54, 1.807) is 0 Å². The van der Waals surface area contributed by atoms with Crippen LogP contribution in [0, 0.1) is 13.8 Å². The highest BCUT2D eigenvalue weighted by Crippen LogP contribution is 2.23. The van der Waals surface area contributed by atoms with Crippen LogP contribution < -0.4 is 5.32 Å². The van der Waals surface area contributed by atoms with Crippen molar-refractivity contribution in [3.8, 4) is 11.4 Å². The highest BCUT2D eigenvalue weighted by molar-refractivity contribution is 5.54. The molecule has 0 spiro atoms. The Hall–Kier alpha value is -1.75. The molecule has 5 nitrogen and oxygen atoms in total. The monoisotopic (exact) mass is 257 g/mol. The molecule has 0 bridgehead atoms. The third-order valence-corrected chi connectivity index (χ3v) is 3.50. The maximum absolute atomic E-state index is 4.71. The molecule has 2 aromatic heterocycles. The van der Waals surface area contributed by atoms with Crippen molar-refractivity contribution in [2.24, 2.45) is 0 Å². The highest BCUT2D eigenvalue weighted by Gasteiger charge is 2.19. The van der Waals surface area contributed by atoms with Crippen LogP contribution in [-0.4, -0.2) is 33.3 Å². The number of aromatic amines is 1. The Balaban J connectivity index is 1.95. The van der Waals surface area contributed by atoms with Gasteiger partial charge in [-0.15, -0.1) is 0 Å². The highest BCUT2D eigenvalue weighted by atomic mass is 15.1. The first-order chi connectivity index (χ1) is 9.22. The summed E-state index contributed by atoms with van der Waals surface area (Å²) in [5.74, 6) is 1.37. The van der Waals surface area contributed by atoms with Gasteiger partial charge in [-0.25, -0.2) is 9.97 Å². The zero-order valence-corrected chi connectivity index (χ0v) is 11.4. The van der Waals surface area contributed by atoms with Gasteiger partial charge in [0.1, 0.15) is 11.5 Å². The summed E-state index contributed by atoms with van der Waals surface area (Å²) in [6, 6.07) is 4.01. The number of nitrogens with zero attached hydrogens (tertiary/aromatic N) is 3. The van der Waals surface area contributed by atoms with E-state index in [9.17, 15) is 0 Å². The van der Waals surface area contributed by atoms with Crippen molar-refractivity contribution in [2.45, 2.75) is 32.6 Å². The maximum atomic E-state index is 4.71. The minimum absolute atomic E-state index is 0.424. The summed E-state index contributed by atoms with van der Waals surface area (Å²) in [5, 5.41) is 10.7. The Kier molecular flexibility index (Phi) is 3.29. The summed E-state index contributed by atoms with van der Waals surface area (Å²) in [4.78, 5) is 9.31. The number of piperidine rings is 1. The summed E-state index contributed by atoms with van der Waals surface area (Å²) >= 11 is 0. The summed E-state index contributed by atoms with van der Waals surface area (Å²) < 4.78 is 0. The average molecular weight is 257 g/mol. The molecule has 1 saturated heterocycles. The zero-order chi connectivity index (χ0) is 13.2. The van der Waals surface area contributed by atoms with Crippen LogP contribution >= 0.6 is 0 Å². The Morgan fingerprint density at radius 3 is 2.74 bits per heavy atom. The van der Waals surface area contributed by atoms with Gasteiger partial charge >= 0.3 is 0 Å². The van der Waals surface area contributed by atoms with Crippen LogP contribution in [0.4, 0.5) is 0 Å². The lowest BCUT2D eigenvalue weighted by molar-refractivity contribution is 0.446. The van der Waals surface area contributed by atoms with Crippen LogP contribution in [0.1, 0.15) is 36.0 Å². The molecule has 3 heterocycles. The van der Waals surface area contributed by atoms with E-state index < -0.39 is 0 Å². The van der Waals surface area contributed by atoms with Gasteiger partial charge in [-0.2, -0.15) is 5.10 Å². The van der Waals surface area contributed by atoms with Gasteiger partial charge in [0.05, 0.1) is 5.69 Å². The van der Waals surface area contributed by atoms with Crippen molar-refractivity contribution in [3.05, 3.63) is 29.3 Å². The molecular weight excluding hydrogens is 238 g/mol. The SMILES string of the molecule is Cc1cc(-c2cc(C)[nH]n2)nc([C@@H]2CCCNC2)n1. The van der Waals surface area contributed by atoms with Crippen molar-refractivity contribution in [3.63, 3.8) is 0 Å². The van der Waals surface area contributed by atoms with E-state index in [-0.39, 0.29) is 0 Å². The minimum atomic E-state index is 0.424. The fourth-order valence-electron chi connectivity index (χ4n) is 2.53. The minimum Gasteiger partial charge on any atom is -0.316 e. The standard InChI is InChI=1S/C14H19N5/c1-9-6-12(13-7-10(2)18-19-13)17-14(16-9)11-4-3-5-15-8-11/h6-7,11,15H,3-5,8H2,1-2H3,(H,18,19)/t11-/m1/s1. The van der Waals surface area contributed by atoms with Crippen LogP contribution in [0.5, 0.6) is 0 Å². The van der Waals surface area contributed by atoms with Gasteiger partial charge in [-0.3, -0.25) is 5.10 Å². The Bertz CT molecular complexity index is 569. The largest absolute Gasteiger partial charge is 0.316 e. The van der Waals surface area contributed by atoms with Crippen molar-refractivity contribution < 1.29 is 0 Å². The number of rotatable bonds is 2. The number of hydrogen-bond acceptors (Lipinski definition) is 4. The predicted molar refractivity (Wildman–Crippen MR) is 73.9 cm³/mol. The number of aryl methyl sites for hydroxylation is 2. The van der Waals surface area contributed by atoms with Crippen LogP contribution in [0.15, 0.2) is 12.1 Å². The first kappa shape index (κ1) is 12.3. The van der Waals surface area contributed by atoms with Crippen molar-refractivity contribution in [2.75, 3.05) is 13.1 Å². The Morgan fingerprint density at radius 1 is 1.16 bits per heavy atom. The lowest BCUT2D eigenvalue weighted by Crippen LogP contribution is -2.29. The van der Waals surface area contributed by atoms with E-state index in [4.69, 9.17) is 4.98 Å². The van der Waals surface area contributed by atoms with Gasteiger partial charge in [0.2, 0.25) is 0 Å². The number of H-pyrrole nitrogens is 1. The van der Waals surface area contributed by atoms with Crippen molar-refractivity contribution >= 4 is 0 Å². The third kappa shape index (κ3) is 2.66. The molecule has 0 radical (unpaired) electrons. The van der Waals surface area contributed by atoms with Crippen molar-refractivity contribution in [1.82, 2.24) is 25.5 Å². The van der Waals surface area contributed by atoms with Gasteiger partial charge < -0.3 is 5.32 Å². The quantitative estimate of drug-likeness (QED) is 0.863. The summed E-state index contributed by atoms with van der Waals surface area (Å²) in [5.41, 5.74) is 3.86. The second-order valence-corrected chi connectivity index (χ2v) is 5.23. The lowest BCUT2D eigenvalue weighted by Gasteiger charge is -2.21. The molecule has 5 heteroatoms. The number of hydrogen-bond donors (Lipinski definition) is 2. The molecule has 2 aromatic rings. The molecule has 3 rings (SSSR count). The molecule has 1 aliphatic rings. The molecular formula is C14H19N5. The molecule has 1 atom stereocenters. The number of nitrogens with one attached hydrogen (secondary N) is 2. The molecule has 19 heavy (non-hydrogen) atoms. The summed E-state index contributed by atoms with van der Waals surface area (Å²) in [6.07, 6.45) is 2.36. The molecule has 0 aliphatic carbocycles. The number of aromatic nitrogens is 4. The van der Waals surface area contributed by atoms with Crippen LogP contribution in [-0.2, 0) is 0 Å². The van der Waals surface area contributed by atoms with E-state index in [0.29, 0.717) is 5.92 Å². The molecule has 0 aromatic carbocycles. The summed E-state index contributed by atoms with van der Waals surface area (Å²) in [7, 11) is 0. The first-order valence-electron chi connectivity index (χ1n) is 6.81. The third-order valence-electron chi connectivity index (χ3n) is 3.50. The van der Waals surface area contributed by atoms with Crippen LogP contribution in [0.3, 0.4) is 0 Å². The van der Waals surface area contributed by atoms with Gasteiger partial charge in [0.25, 0.3) is 0 Å². The molecule has 0 amide bonds. The Morgan fingerprint density at radius 2 is 2.05 bits per heavy atom. The maximum Gasteiger partial charge on any atom is 0.133 e. The van der Waals surface area contributed by atoms with Crippen molar-refractivity contribution in [1.29, 1.82) is 0 Å². The fraction of sp³-hybridized carbons (Fsp3) is 0.500. The summed E-state index contributed by atoms with van der Waals surface area (Å²) in [6.45, 7) is 6.09. The van der Waals surface area contributed by atoms with Gasteiger partial charge in [0.15, 0.2) is 0 Å². The topological polar surface area (TPSA) is 66.5 Å². The van der Waals surface area contributed by atoms with E-state index in [1.165, 1.54) is 6.42 Å². The van der Waals surface area contributed by atoms with E-state index >= 15 is 0 Å². The van der Waals surface area contributed by atoms with E-state index in [0.717, 1.165) is 48.1 Å². The molecule has 0 unspecified atom stereocenters. The molecule has 0 saturated carbocycles. The van der Waals surface area contributed by atoms with Crippen LogP contribution in [0.25, 0.3) is 11.4 Å². The average Bonchev–Trinajstić information content (AvgIpc) is 2.86. The van der Waals surface area contributed by atoms with Crippen LogP contribution in [0.2, 0.25) is 0 Å². The Labute approximate surface area is 112 Å². The predicted octanol–water partition coefficient (Wildman–Crippen LogP) is 1.95. The fourth-order valence-corrected chi connectivity index (χ4v) is 2.53. The molecule has 100 valence electrons. The van der Waals surface area contributed by atoms with Gasteiger partial charge in [0, 0.05) is 23.9 Å². The van der Waals surface area contributed by atoms with Gasteiger partial charge in [-0.1, -0.05) is 0 Å². The lowest BCUT2D eigenvalue weighted by atomic mass is 9.98. The zero-order valence-electron chi connectivity index (χ0n) is 11.4. The van der Waals surface area contributed by atoms with E-state index in [2.05, 4.69) is 20.5 Å². The first-order valence-corrected chi connectivity index (χ1v) is 6.81. The normalized spacial score (nSPS) is 19.6. The van der Waals surface area contributed by atoms with Gasteiger partial charge in [-0.05, 0) is 45.4 Å². The second-order valence-electron chi connectivity index (χ2n) is 5.23. The molecule has 2 N–H and O–H groups in total. The molecule has 1 fully saturated rings. The second kappa shape index (κ2) is 5.09. The smallest absolute Gasteiger partial charge is 0.133 e. The molecule has 1 aliphatic heterocycles.